The lowest BCUT2D eigenvalue weighted by molar-refractivity contribution is -0.274. The van der Waals surface area contributed by atoms with E-state index in [1.165, 1.54) is 13.2 Å². The number of benzene rings is 1. The maximum atomic E-state index is 13.1. The van der Waals surface area contributed by atoms with E-state index in [2.05, 4.69) is 0 Å². The number of rotatable bonds is 6. The largest absolute Gasteiger partial charge is 0.496 e. The number of hydrogen-bond donors (Lipinski definition) is 2. The van der Waals surface area contributed by atoms with Crippen molar-refractivity contribution in [1.29, 1.82) is 0 Å². The first kappa shape index (κ1) is 17.7. The van der Waals surface area contributed by atoms with Crippen molar-refractivity contribution in [2.45, 2.75) is 37.5 Å². The van der Waals surface area contributed by atoms with Crippen LogP contribution in [0.25, 0.3) is 0 Å². The molecule has 1 aromatic rings. The Labute approximate surface area is 120 Å². The van der Waals surface area contributed by atoms with E-state index in [9.17, 15) is 22.7 Å². The molecule has 0 aliphatic rings. The molecule has 0 radical (unpaired) electrons. The van der Waals surface area contributed by atoms with Crippen LogP contribution in [0, 0.1) is 5.82 Å². The first-order valence-electron chi connectivity index (χ1n) is 6.42. The zero-order chi connectivity index (χ0) is 16.3. The third kappa shape index (κ3) is 3.85. The molecule has 120 valence electrons. The van der Waals surface area contributed by atoms with Crippen molar-refractivity contribution in [2.24, 2.45) is 0 Å². The van der Waals surface area contributed by atoms with Crippen LogP contribution in [0.15, 0.2) is 18.2 Å². The van der Waals surface area contributed by atoms with Gasteiger partial charge in [0.15, 0.2) is 5.60 Å². The molecule has 0 bridgehead atoms. The summed E-state index contributed by atoms with van der Waals surface area (Å²) in [6.45, 7) is 0.206. The summed E-state index contributed by atoms with van der Waals surface area (Å²) in [6, 6.07) is 3.52. The maximum Gasteiger partial charge on any atom is 0.419 e. The molecule has 0 fully saturated rings. The summed E-state index contributed by atoms with van der Waals surface area (Å²) in [5.41, 5.74) is -2.84. The van der Waals surface area contributed by atoms with Gasteiger partial charge >= 0.3 is 6.18 Å². The molecule has 0 amide bonds. The molecule has 0 aromatic heterocycles. The third-order valence-electron chi connectivity index (χ3n) is 3.50. The fourth-order valence-electron chi connectivity index (χ4n) is 2.17. The van der Waals surface area contributed by atoms with E-state index in [-0.39, 0.29) is 12.2 Å². The fourth-order valence-corrected chi connectivity index (χ4v) is 2.17. The van der Waals surface area contributed by atoms with E-state index in [1.54, 1.807) is 6.92 Å². The maximum absolute atomic E-state index is 13.1. The molecule has 0 heterocycles. The topological polar surface area (TPSA) is 49.7 Å². The summed E-state index contributed by atoms with van der Waals surface area (Å²) in [6.07, 6.45) is -5.42. The Kier molecular flexibility index (Phi) is 5.58. The Hall–Kier alpha value is -1.34. The molecule has 2 atom stereocenters. The molecule has 1 aromatic carbocycles. The first-order chi connectivity index (χ1) is 9.68. The smallest absolute Gasteiger partial charge is 0.419 e. The van der Waals surface area contributed by atoms with Gasteiger partial charge in [-0.15, -0.1) is 0 Å². The average Bonchev–Trinajstić information content (AvgIpc) is 2.43. The van der Waals surface area contributed by atoms with Crippen LogP contribution in [0.5, 0.6) is 5.75 Å². The first-order valence-corrected chi connectivity index (χ1v) is 6.42. The van der Waals surface area contributed by atoms with Crippen molar-refractivity contribution >= 4 is 0 Å². The number of ether oxygens (including phenoxy) is 1. The van der Waals surface area contributed by atoms with Crippen LogP contribution >= 0.6 is 0 Å². The molecule has 2 N–H and O–H groups in total. The molecule has 0 saturated carbocycles. The molecule has 7 heteroatoms. The number of hydrogen-bond acceptors (Lipinski definition) is 3. The van der Waals surface area contributed by atoms with Gasteiger partial charge in [-0.25, -0.2) is 4.39 Å². The second kappa shape index (κ2) is 6.62. The summed E-state index contributed by atoms with van der Waals surface area (Å²) in [5, 5.41) is 18.6. The minimum atomic E-state index is -4.96. The van der Waals surface area contributed by atoms with Crippen molar-refractivity contribution in [1.82, 2.24) is 0 Å². The molecular formula is C14H18F4O3. The van der Waals surface area contributed by atoms with Gasteiger partial charge in [0, 0.05) is 6.07 Å². The van der Waals surface area contributed by atoms with Crippen molar-refractivity contribution < 1.29 is 32.5 Å². The lowest BCUT2D eigenvalue weighted by Crippen LogP contribution is -2.49. The summed E-state index contributed by atoms with van der Waals surface area (Å²) in [7, 11) is 1.28. The van der Waals surface area contributed by atoms with Crippen LogP contribution in [0.1, 0.15) is 31.2 Å². The molecular weight excluding hydrogens is 292 g/mol. The van der Waals surface area contributed by atoms with Crippen LogP contribution in [-0.2, 0) is 0 Å². The predicted octanol–water partition coefficient (Wildman–Crippen LogP) is 3.00. The molecule has 3 nitrogen and oxygen atoms in total. The summed E-state index contributed by atoms with van der Waals surface area (Å²) in [5.74, 6) is -1.19. The Balaban J connectivity index is 3.14. The highest BCUT2D eigenvalue weighted by molar-refractivity contribution is 5.37. The fraction of sp³-hybridized carbons (Fsp3) is 0.571. The zero-order valence-electron chi connectivity index (χ0n) is 11.7. The Bertz CT molecular complexity index is 476. The van der Waals surface area contributed by atoms with Gasteiger partial charge in [0.05, 0.1) is 13.7 Å². The van der Waals surface area contributed by atoms with Crippen LogP contribution in [0.3, 0.4) is 0 Å². The molecule has 0 aliphatic carbocycles. The Morgan fingerprint density at radius 1 is 1.29 bits per heavy atom. The van der Waals surface area contributed by atoms with Crippen LogP contribution < -0.4 is 4.74 Å². The van der Waals surface area contributed by atoms with E-state index in [0.717, 1.165) is 12.1 Å². The van der Waals surface area contributed by atoms with Crippen molar-refractivity contribution in [2.75, 3.05) is 13.7 Å². The van der Waals surface area contributed by atoms with Gasteiger partial charge in [-0.05, 0) is 30.4 Å². The highest BCUT2D eigenvalue weighted by Crippen LogP contribution is 2.41. The van der Waals surface area contributed by atoms with E-state index in [4.69, 9.17) is 9.84 Å². The number of aliphatic hydroxyl groups is 2. The van der Waals surface area contributed by atoms with Gasteiger partial charge in [-0.2, -0.15) is 13.2 Å². The van der Waals surface area contributed by atoms with Crippen LogP contribution in [-0.4, -0.2) is 35.7 Å². The van der Waals surface area contributed by atoms with Gasteiger partial charge in [-0.1, -0.05) is 13.0 Å². The summed E-state index contributed by atoms with van der Waals surface area (Å²) >= 11 is 0. The number of methoxy groups -OCH3 is 1. The number of aliphatic hydroxyl groups excluding tert-OH is 1. The normalized spacial score (nSPS) is 16.4. The van der Waals surface area contributed by atoms with Crippen LogP contribution in [0.4, 0.5) is 17.6 Å². The van der Waals surface area contributed by atoms with E-state index >= 15 is 0 Å². The SMILES string of the molecule is CCC(CC(O)(CO)C(F)(F)F)c1ccc(F)cc1OC. The molecule has 0 aliphatic heterocycles. The van der Waals surface area contributed by atoms with Crippen molar-refractivity contribution in [3.8, 4) is 5.75 Å². The predicted molar refractivity (Wildman–Crippen MR) is 68.7 cm³/mol. The monoisotopic (exact) mass is 310 g/mol. The second-order valence-corrected chi connectivity index (χ2v) is 4.88. The van der Waals surface area contributed by atoms with Crippen LogP contribution in [0.2, 0.25) is 0 Å². The van der Waals surface area contributed by atoms with Gasteiger partial charge in [0.1, 0.15) is 11.6 Å². The molecule has 0 saturated heterocycles. The molecule has 0 spiro atoms. The van der Waals surface area contributed by atoms with Crippen molar-refractivity contribution in [3.05, 3.63) is 29.6 Å². The summed E-state index contributed by atoms with van der Waals surface area (Å²) < 4.78 is 56.7. The average molecular weight is 310 g/mol. The van der Waals surface area contributed by atoms with Gasteiger partial charge in [0.2, 0.25) is 0 Å². The minimum Gasteiger partial charge on any atom is -0.496 e. The van der Waals surface area contributed by atoms with E-state index in [1.807, 2.05) is 0 Å². The highest BCUT2D eigenvalue weighted by atomic mass is 19.4. The van der Waals surface area contributed by atoms with Gasteiger partial charge in [-0.3, -0.25) is 0 Å². The van der Waals surface area contributed by atoms with Crippen molar-refractivity contribution in [3.63, 3.8) is 0 Å². The minimum absolute atomic E-state index is 0.115. The molecule has 1 rings (SSSR count). The Morgan fingerprint density at radius 3 is 2.33 bits per heavy atom. The lowest BCUT2D eigenvalue weighted by Gasteiger charge is -2.32. The summed E-state index contributed by atoms with van der Waals surface area (Å²) in [4.78, 5) is 0. The molecule has 2 unspecified atom stereocenters. The molecule has 21 heavy (non-hydrogen) atoms. The third-order valence-corrected chi connectivity index (χ3v) is 3.50. The number of alkyl halides is 3. The van der Waals surface area contributed by atoms with Gasteiger partial charge in [0.25, 0.3) is 0 Å². The van der Waals surface area contributed by atoms with E-state index in [0.29, 0.717) is 5.56 Å². The highest BCUT2D eigenvalue weighted by Gasteiger charge is 2.54. The number of halogens is 4. The lowest BCUT2D eigenvalue weighted by atomic mass is 9.83. The standard InChI is InChI=1S/C14H18F4O3/c1-3-9(7-13(20,8-19)14(16,17)18)11-5-4-10(15)6-12(11)21-2/h4-6,9,19-20H,3,7-8H2,1-2H3. The quantitative estimate of drug-likeness (QED) is 0.794. The second-order valence-electron chi connectivity index (χ2n) is 4.88. The zero-order valence-corrected chi connectivity index (χ0v) is 11.7. The Morgan fingerprint density at radius 2 is 1.90 bits per heavy atom. The van der Waals surface area contributed by atoms with Gasteiger partial charge < -0.3 is 14.9 Å². The van der Waals surface area contributed by atoms with E-state index < -0.39 is 36.5 Å².